The molecule has 1 aliphatic rings. The number of fused-ring (bicyclic) bond motifs is 1. The zero-order valence-corrected chi connectivity index (χ0v) is 11.7. The predicted octanol–water partition coefficient (Wildman–Crippen LogP) is 1.15. The van der Waals surface area contributed by atoms with Crippen molar-refractivity contribution in [1.29, 1.82) is 0 Å². The van der Waals surface area contributed by atoms with Crippen LogP contribution in [0.4, 0.5) is 0 Å². The number of aromatic nitrogens is 4. The summed E-state index contributed by atoms with van der Waals surface area (Å²) in [6.45, 7) is 3.93. The van der Waals surface area contributed by atoms with E-state index in [9.17, 15) is 0 Å². The molecular formula is C14H17N5O. The summed E-state index contributed by atoms with van der Waals surface area (Å²) in [7, 11) is 1.57. The fraction of sp³-hybridized carbons (Fsp3) is 0.429. The minimum absolute atomic E-state index is 0.492. The Morgan fingerprint density at radius 1 is 1.25 bits per heavy atom. The van der Waals surface area contributed by atoms with E-state index in [0.717, 1.165) is 37.3 Å². The molecule has 3 heterocycles. The fourth-order valence-corrected chi connectivity index (χ4v) is 2.37. The van der Waals surface area contributed by atoms with Crippen LogP contribution in [0.3, 0.4) is 0 Å². The van der Waals surface area contributed by atoms with Crippen LogP contribution in [0.15, 0.2) is 12.1 Å². The third kappa shape index (κ3) is 2.34. The molecule has 0 spiro atoms. The molecule has 0 saturated heterocycles. The van der Waals surface area contributed by atoms with E-state index in [1.165, 1.54) is 5.56 Å². The number of hydrogen-bond donors (Lipinski definition) is 1. The summed E-state index contributed by atoms with van der Waals surface area (Å²) in [5, 5.41) is 11.5. The lowest BCUT2D eigenvalue weighted by Gasteiger charge is -2.19. The highest BCUT2D eigenvalue weighted by Gasteiger charge is 2.17. The Balaban J connectivity index is 2.04. The molecule has 0 amide bonds. The van der Waals surface area contributed by atoms with E-state index in [4.69, 9.17) is 4.74 Å². The van der Waals surface area contributed by atoms with E-state index in [1.807, 2.05) is 6.07 Å². The lowest BCUT2D eigenvalue weighted by Crippen LogP contribution is -2.26. The maximum Gasteiger partial charge on any atom is 0.233 e. The summed E-state index contributed by atoms with van der Waals surface area (Å²) in [5.41, 5.74) is 4.14. The second-order valence-corrected chi connectivity index (χ2v) is 4.66. The van der Waals surface area contributed by atoms with Gasteiger partial charge in [-0.1, -0.05) is 6.92 Å². The van der Waals surface area contributed by atoms with Crippen LogP contribution in [0.5, 0.6) is 5.88 Å². The van der Waals surface area contributed by atoms with Gasteiger partial charge >= 0.3 is 0 Å². The summed E-state index contributed by atoms with van der Waals surface area (Å²) in [4.78, 5) is 9.29. The number of aryl methyl sites for hydroxylation is 1. The molecule has 0 radical (unpaired) electrons. The van der Waals surface area contributed by atoms with Gasteiger partial charge in [0.25, 0.3) is 0 Å². The zero-order chi connectivity index (χ0) is 13.9. The van der Waals surface area contributed by atoms with Gasteiger partial charge in [0.05, 0.1) is 12.8 Å². The largest absolute Gasteiger partial charge is 0.480 e. The molecule has 0 unspecified atom stereocenters. The standard InChI is InChI=1S/C14H17N5O/c1-3-10-9-8-15-7-6-11(9)17-14(16-10)12-4-5-13(20-2)19-18-12/h4-5,15H,3,6-8H2,1-2H3. The van der Waals surface area contributed by atoms with Gasteiger partial charge in [0.1, 0.15) is 5.69 Å². The van der Waals surface area contributed by atoms with Crippen molar-refractivity contribution in [2.24, 2.45) is 0 Å². The van der Waals surface area contributed by atoms with Crippen molar-refractivity contribution in [2.45, 2.75) is 26.3 Å². The van der Waals surface area contributed by atoms with Crippen molar-refractivity contribution in [1.82, 2.24) is 25.5 Å². The van der Waals surface area contributed by atoms with Crippen molar-refractivity contribution < 1.29 is 4.74 Å². The normalized spacial score (nSPS) is 13.9. The first-order valence-corrected chi connectivity index (χ1v) is 6.79. The number of nitrogens with one attached hydrogen (secondary N) is 1. The summed E-state index contributed by atoms with van der Waals surface area (Å²) in [6.07, 6.45) is 1.82. The third-order valence-corrected chi connectivity index (χ3v) is 3.43. The van der Waals surface area contributed by atoms with Crippen LogP contribution in [0.1, 0.15) is 23.9 Å². The molecule has 0 bridgehead atoms. The average Bonchev–Trinajstić information content (AvgIpc) is 2.54. The van der Waals surface area contributed by atoms with Gasteiger partial charge in [0, 0.05) is 36.8 Å². The van der Waals surface area contributed by atoms with Crippen molar-refractivity contribution in [2.75, 3.05) is 13.7 Å². The van der Waals surface area contributed by atoms with E-state index in [-0.39, 0.29) is 0 Å². The number of hydrogen-bond acceptors (Lipinski definition) is 6. The highest BCUT2D eigenvalue weighted by Crippen LogP contribution is 2.21. The molecule has 20 heavy (non-hydrogen) atoms. The first kappa shape index (κ1) is 12.9. The van der Waals surface area contributed by atoms with E-state index in [1.54, 1.807) is 13.2 Å². The smallest absolute Gasteiger partial charge is 0.233 e. The zero-order valence-electron chi connectivity index (χ0n) is 11.7. The van der Waals surface area contributed by atoms with Gasteiger partial charge < -0.3 is 10.1 Å². The Kier molecular flexibility index (Phi) is 3.56. The summed E-state index contributed by atoms with van der Waals surface area (Å²) in [6, 6.07) is 3.62. The quantitative estimate of drug-likeness (QED) is 0.903. The van der Waals surface area contributed by atoms with Gasteiger partial charge in [0.2, 0.25) is 5.88 Å². The highest BCUT2D eigenvalue weighted by molar-refractivity contribution is 5.50. The number of nitrogens with zero attached hydrogens (tertiary/aromatic N) is 4. The minimum Gasteiger partial charge on any atom is -0.480 e. The Morgan fingerprint density at radius 2 is 2.15 bits per heavy atom. The second-order valence-electron chi connectivity index (χ2n) is 4.66. The number of ether oxygens (including phenoxy) is 1. The molecule has 104 valence electrons. The molecule has 0 aliphatic carbocycles. The van der Waals surface area contributed by atoms with E-state index in [2.05, 4.69) is 32.4 Å². The first-order valence-electron chi connectivity index (χ1n) is 6.79. The van der Waals surface area contributed by atoms with Crippen molar-refractivity contribution >= 4 is 0 Å². The second kappa shape index (κ2) is 5.50. The van der Waals surface area contributed by atoms with Crippen LogP contribution in [-0.2, 0) is 19.4 Å². The highest BCUT2D eigenvalue weighted by atomic mass is 16.5. The Morgan fingerprint density at radius 3 is 2.85 bits per heavy atom. The summed E-state index contributed by atoms with van der Waals surface area (Å²) >= 11 is 0. The fourth-order valence-electron chi connectivity index (χ4n) is 2.37. The molecule has 2 aromatic rings. The van der Waals surface area contributed by atoms with Crippen LogP contribution in [-0.4, -0.2) is 33.8 Å². The number of rotatable bonds is 3. The molecule has 2 aromatic heterocycles. The Labute approximate surface area is 117 Å². The van der Waals surface area contributed by atoms with Crippen molar-refractivity contribution in [3.8, 4) is 17.4 Å². The van der Waals surface area contributed by atoms with E-state index >= 15 is 0 Å². The van der Waals surface area contributed by atoms with Gasteiger partial charge in [-0.05, 0) is 12.5 Å². The Hall–Kier alpha value is -2.08. The predicted molar refractivity (Wildman–Crippen MR) is 74.4 cm³/mol. The maximum atomic E-state index is 5.02. The van der Waals surface area contributed by atoms with Gasteiger partial charge in [-0.15, -0.1) is 10.2 Å². The number of methoxy groups -OCH3 is 1. The SMILES string of the molecule is CCc1nc(-c2ccc(OC)nn2)nc2c1CNCC2. The topological polar surface area (TPSA) is 72.8 Å². The minimum atomic E-state index is 0.492. The summed E-state index contributed by atoms with van der Waals surface area (Å²) in [5.74, 6) is 1.14. The molecule has 0 fully saturated rings. The average molecular weight is 271 g/mol. The molecule has 0 saturated carbocycles. The first-order chi connectivity index (χ1) is 9.81. The molecular weight excluding hydrogens is 254 g/mol. The van der Waals surface area contributed by atoms with Gasteiger partial charge in [-0.2, -0.15) is 0 Å². The molecule has 6 heteroatoms. The van der Waals surface area contributed by atoms with Gasteiger partial charge in [-0.3, -0.25) is 0 Å². The molecule has 1 N–H and O–H groups in total. The van der Waals surface area contributed by atoms with E-state index in [0.29, 0.717) is 17.4 Å². The van der Waals surface area contributed by atoms with Gasteiger partial charge in [-0.25, -0.2) is 9.97 Å². The summed E-state index contributed by atoms with van der Waals surface area (Å²) < 4.78 is 5.02. The molecule has 0 atom stereocenters. The van der Waals surface area contributed by atoms with Crippen LogP contribution in [0.2, 0.25) is 0 Å². The monoisotopic (exact) mass is 271 g/mol. The van der Waals surface area contributed by atoms with E-state index < -0.39 is 0 Å². The Bertz CT molecular complexity index is 594. The van der Waals surface area contributed by atoms with Crippen LogP contribution < -0.4 is 10.1 Å². The van der Waals surface area contributed by atoms with Gasteiger partial charge in [0.15, 0.2) is 5.82 Å². The molecule has 3 rings (SSSR count). The molecule has 6 nitrogen and oxygen atoms in total. The van der Waals surface area contributed by atoms with Crippen LogP contribution in [0.25, 0.3) is 11.5 Å². The van der Waals surface area contributed by atoms with Crippen LogP contribution >= 0.6 is 0 Å². The molecule has 0 aromatic carbocycles. The molecule has 1 aliphatic heterocycles. The van der Waals surface area contributed by atoms with Crippen LogP contribution in [0, 0.1) is 0 Å². The lowest BCUT2D eigenvalue weighted by molar-refractivity contribution is 0.392. The van der Waals surface area contributed by atoms with Crippen molar-refractivity contribution in [3.63, 3.8) is 0 Å². The maximum absolute atomic E-state index is 5.02. The lowest BCUT2D eigenvalue weighted by atomic mass is 10.0. The third-order valence-electron chi connectivity index (χ3n) is 3.43. The van der Waals surface area contributed by atoms with Crippen molar-refractivity contribution in [3.05, 3.63) is 29.1 Å².